The van der Waals surface area contributed by atoms with Crippen LogP contribution in [0.5, 0.6) is 0 Å². The minimum atomic E-state index is -0.534. The number of amides is 3. The molecule has 2 aromatic rings. The molecule has 3 N–H and O–H groups in total. The Morgan fingerprint density at radius 2 is 2.14 bits per heavy atom. The van der Waals surface area contributed by atoms with Crippen molar-refractivity contribution >= 4 is 29.6 Å². The monoisotopic (exact) mass is 285 g/mol. The smallest absolute Gasteiger partial charge is 0.326 e. The molecule has 4 rings (SSSR count). The fourth-order valence-electron chi connectivity index (χ4n) is 2.08. The maximum Gasteiger partial charge on any atom is 0.326 e. The fraction of sp³-hybridized carbons (Fsp3) is 0.250. The zero-order chi connectivity index (χ0) is 14.4. The summed E-state index contributed by atoms with van der Waals surface area (Å²) in [6.07, 6.45) is 6.80. The quantitative estimate of drug-likeness (QED) is 0.535. The number of rotatable bonds is 3. The molecule has 3 amide bonds. The highest BCUT2D eigenvalue weighted by Crippen LogP contribution is 2.24. The Labute approximate surface area is 118 Å². The standard InChI is InChI=1S/C12H11N7O2/c20-10-8(17-12(21)18-10)3-6-4-15-19-9(6)13-5-14-11(19)16-7-1-2-7/h3-5,7H,1-2H2,(H,13,14,16)(H2,17,18,20,21). The number of fused-ring (bicyclic) bond motifs is 1. The van der Waals surface area contributed by atoms with E-state index in [-0.39, 0.29) is 5.70 Å². The number of aromatic nitrogens is 4. The summed E-state index contributed by atoms with van der Waals surface area (Å²) < 4.78 is 1.58. The van der Waals surface area contributed by atoms with Crippen LogP contribution in [-0.2, 0) is 4.79 Å². The lowest BCUT2D eigenvalue weighted by Crippen LogP contribution is -2.22. The van der Waals surface area contributed by atoms with Crippen LogP contribution in [-0.4, -0.2) is 37.6 Å². The Balaban J connectivity index is 1.74. The number of hydrogen-bond acceptors (Lipinski definition) is 6. The molecule has 9 nitrogen and oxygen atoms in total. The van der Waals surface area contributed by atoms with E-state index < -0.39 is 11.9 Å². The van der Waals surface area contributed by atoms with E-state index in [9.17, 15) is 9.59 Å². The van der Waals surface area contributed by atoms with Gasteiger partial charge in [-0.2, -0.15) is 9.61 Å². The van der Waals surface area contributed by atoms with Crippen molar-refractivity contribution in [3.8, 4) is 0 Å². The Morgan fingerprint density at radius 3 is 2.86 bits per heavy atom. The van der Waals surface area contributed by atoms with Gasteiger partial charge < -0.3 is 10.6 Å². The lowest BCUT2D eigenvalue weighted by Gasteiger charge is -2.04. The van der Waals surface area contributed by atoms with Crippen LogP contribution in [0.4, 0.5) is 10.7 Å². The Hall–Kier alpha value is -2.97. The average Bonchev–Trinajstić information content (AvgIpc) is 3.09. The molecule has 9 heteroatoms. The fourth-order valence-corrected chi connectivity index (χ4v) is 2.08. The van der Waals surface area contributed by atoms with Crippen molar-refractivity contribution < 1.29 is 9.59 Å². The molecule has 2 fully saturated rings. The lowest BCUT2D eigenvalue weighted by molar-refractivity contribution is -0.115. The number of carbonyl (C=O) groups is 2. The first-order valence-electron chi connectivity index (χ1n) is 6.50. The third-order valence-corrected chi connectivity index (χ3v) is 3.26. The van der Waals surface area contributed by atoms with Crippen LogP contribution >= 0.6 is 0 Å². The van der Waals surface area contributed by atoms with Crippen molar-refractivity contribution in [1.29, 1.82) is 0 Å². The first-order valence-corrected chi connectivity index (χ1v) is 6.50. The number of urea groups is 1. The normalized spacial score (nSPS) is 19.9. The van der Waals surface area contributed by atoms with E-state index in [1.165, 1.54) is 12.4 Å². The number of anilines is 1. The summed E-state index contributed by atoms with van der Waals surface area (Å²) >= 11 is 0. The van der Waals surface area contributed by atoms with Gasteiger partial charge in [-0.25, -0.2) is 14.8 Å². The van der Waals surface area contributed by atoms with E-state index in [0.717, 1.165) is 12.8 Å². The molecule has 21 heavy (non-hydrogen) atoms. The predicted octanol–water partition coefficient (Wildman–Crippen LogP) is -0.121. The number of nitrogens with zero attached hydrogens (tertiary/aromatic N) is 4. The third kappa shape index (κ3) is 2.08. The van der Waals surface area contributed by atoms with Gasteiger partial charge in [0.1, 0.15) is 12.0 Å². The second-order valence-corrected chi connectivity index (χ2v) is 4.92. The van der Waals surface area contributed by atoms with Crippen LogP contribution in [0.2, 0.25) is 0 Å². The number of carbonyl (C=O) groups excluding carboxylic acids is 2. The molecule has 1 saturated heterocycles. The summed E-state index contributed by atoms with van der Waals surface area (Å²) in [5.74, 6) is 0.150. The van der Waals surface area contributed by atoms with Gasteiger partial charge in [0.2, 0.25) is 5.95 Å². The van der Waals surface area contributed by atoms with E-state index in [1.807, 2.05) is 0 Å². The maximum absolute atomic E-state index is 11.5. The zero-order valence-electron chi connectivity index (χ0n) is 10.8. The van der Waals surface area contributed by atoms with Gasteiger partial charge in [0, 0.05) is 11.6 Å². The molecule has 0 bridgehead atoms. The average molecular weight is 285 g/mol. The highest BCUT2D eigenvalue weighted by Gasteiger charge is 2.25. The summed E-state index contributed by atoms with van der Waals surface area (Å²) in [5.41, 5.74) is 1.36. The molecule has 2 aliphatic rings. The van der Waals surface area contributed by atoms with Crippen molar-refractivity contribution in [2.45, 2.75) is 18.9 Å². The number of imide groups is 1. The van der Waals surface area contributed by atoms with Crippen molar-refractivity contribution in [1.82, 2.24) is 30.2 Å². The molecule has 0 aromatic carbocycles. The minimum absolute atomic E-state index is 0.171. The molecule has 2 aromatic heterocycles. The largest absolute Gasteiger partial charge is 0.351 e. The molecule has 3 heterocycles. The van der Waals surface area contributed by atoms with Crippen LogP contribution < -0.4 is 16.0 Å². The van der Waals surface area contributed by atoms with Gasteiger partial charge in [0.05, 0.1) is 6.20 Å². The van der Waals surface area contributed by atoms with Gasteiger partial charge in [-0.3, -0.25) is 10.1 Å². The predicted molar refractivity (Wildman–Crippen MR) is 72.1 cm³/mol. The summed E-state index contributed by atoms with van der Waals surface area (Å²) in [5, 5.41) is 12.1. The summed E-state index contributed by atoms with van der Waals surface area (Å²) in [7, 11) is 0. The molecule has 1 saturated carbocycles. The van der Waals surface area contributed by atoms with Gasteiger partial charge in [0.15, 0.2) is 5.65 Å². The van der Waals surface area contributed by atoms with Gasteiger partial charge >= 0.3 is 6.03 Å². The molecule has 106 valence electrons. The second-order valence-electron chi connectivity index (χ2n) is 4.92. The summed E-state index contributed by atoms with van der Waals surface area (Å²) in [6, 6.07) is -0.0950. The van der Waals surface area contributed by atoms with Gasteiger partial charge in [-0.05, 0) is 18.9 Å². The molecule has 0 radical (unpaired) electrons. The topological polar surface area (TPSA) is 113 Å². The number of nitrogens with one attached hydrogen (secondary N) is 3. The highest BCUT2D eigenvalue weighted by molar-refractivity contribution is 6.14. The van der Waals surface area contributed by atoms with Crippen LogP contribution in [0, 0.1) is 0 Å². The molecule has 0 unspecified atom stereocenters. The van der Waals surface area contributed by atoms with E-state index in [2.05, 4.69) is 31.0 Å². The van der Waals surface area contributed by atoms with Crippen LogP contribution in [0.25, 0.3) is 11.7 Å². The zero-order valence-corrected chi connectivity index (χ0v) is 10.8. The Kier molecular flexibility index (Phi) is 2.40. The van der Waals surface area contributed by atoms with E-state index in [0.29, 0.717) is 23.2 Å². The lowest BCUT2D eigenvalue weighted by atomic mass is 10.2. The Bertz CT molecular complexity index is 790. The van der Waals surface area contributed by atoms with E-state index >= 15 is 0 Å². The van der Waals surface area contributed by atoms with Gasteiger partial charge in [0.25, 0.3) is 5.91 Å². The van der Waals surface area contributed by atoms with Gasteiger partial charge in [-0.1, -0.05) is 0 Å². The minimum Gasteiger partial charge on any atom is -0.351 e. The van der Waals surface area contributed by atoms with Crippen LogP contribution in [0.3, 0.4) is 0 Å². The summed E-state index contributed by atoms with van der Waals surface area (Å²) in [4.78, 5) is 31.0. The SMILES string of the molecule is O=C1NC(=O)C(=Cc2cnn3c(NC4CC4)ncnc23)N1. The van der Waals surface area contributed by atoms with Crippen LogP contribution in [0.1, 0.15) is 18.4 Å². The molecule has 0 atom stereocenters. The van der Waals surface area contributed by atoms with Crippen molar-refractivity contribution in [2.75, 3.05) is 5.32 Å². The first-order chi connectivity index (χ1) is 10.2. The molecule has 1 aliphatic heterocycles. The summed E-state index contributed by atoms with van der Waals surface area (Å²) in [6.45, 7) is 0. The highest BCUT2D eigenvalue weighted by atomic mass is 16.2. The third-order valence-electron chi connectivity index (χ3n) is 3.26. The Morgan fingerprint density at radius 1 is 1.29 bits per heavy atom. The molecular weight excluding hydrogens is 274 g/mol. The maximum atomic E-state index is 11.5. The first kappa shape index (κ1) is 11.8. The van der Waals surface area contributed by atoms with Crippen molar-refractivity contribution in [3.63, 3.8) is 0 Å². The van der Waals surface area contributed by atoms with Crippen molar-refractivity contribution in [2.24, 2.45) is 0 Å². The van der Waals surface area contributed by atoms with Crippen molar-refractivity contribution in [3.05, 3.63) is 23.8 Å². The number of hydrogen-bond donors (Lipinski definition) is 3. The van der Waals surface area contributed by atoms with Crippen LogP contribution in [0.15, 0.2) is 18.2 Å². The van der Waals surface area contributed by atoms with E-state index in [1.54, 1.807) is 10.7 Å². The molecular formula is C12H11N7O2. The van der Waals surface area contributed by atoms with E-state index in [4.69, 9.17) is 0 Å². The molecule has 1 aliphatic carbocycles. The molecule has 0 spiro atoms. The second kappa shape index (κ2) is 4.27. The van der Waals surface area contributed by atoms with Gasteiger partial charge in [-0.15, -0.1) is 0 Å².